The van der Waals surface area contributed by atoms with E-state index in [-0.39, 0.29) is 0 Å². The molecule has 1 aromatic rings. The van der Waals surface area contributed by atoms with Gasteiger partial charge in [-0.25, -0.2) is 9.59 Å². The first-order valence-corrected chi connectivity index (χ1v) is 7.44. The zero-order chi connectivity index (χ0) is 20.6. The van der Waals surface area contributed by atoms with E-state index in [0.717, 1.165) is 30.7 Å². The van der Waals surface area contributed by atoms with E-state index in [4.69, 9.17) is 9.47 Å². The van der Waals surface area contributed by atoms with Gasteiger partial charge >= 0.3 is 23.8 Å². The smallest absolute Gasteiger partial charge is 0.456 e. The highest BCUT2D eigenvalue weighted by molar-refractivity contribution is 5.75. The number of aliphatic hydroxyl groups is 1. The number of nitrogens with one attached hydrogen (secondary N) is 1. The Morgan fingerprint density at radius 2 is 2.04 bits per heavy atom. The minimum Gasteiger partial charge on any atom is -0.456 e. The zero-order valence-corrected chi connectivity index (χ0v) is 14.0. The number of ether oxygens (including phenoxy) is 3. The molecular formula is C14H15F3N2O8. The van der Waals surface area contributed by atoms with Crippen LogP contribution in [0.4, 0.5) is 13.2 Å². The summed E-state index contributed by atoms with van der Waals surface area (Å²) >= 11 is 0. The summed E-state index contributed by atoms with van der Waals surface area (Å²) in [5, 5.41) is 10.7. The molecule has 150 valence electrons. The molecule has 0 saturated carbocycles. The Labute approximate surface area is 148 Å². The Morgan fingerprint density at radius 1 is 1.41 bits per heavy atom. The summed E-state index contributed by atoms with van der Waals surface area (Å²) < 4.78 is 51.9. The van der Waals surface area contributed by atoms with Crippen molar-refractivity contribution in [3.05, 3.63) is 33.1 Å². The van der Waals surface area contributed by atoms with Crippen LogP contribution in [0.2, 0.25) is 0 Å². The normalized spacial score (nSPS) is 28.0. The first-order valence-electron chi connectivity index (χ1n) is 7.44. The lowest BCUT2D eigenvalue weighted by atomic mass is 9.96. The molecule has 1 saturated heterocycles. The van der Waals surface area contributed by atoms with Gasteiger partial charge in [-0.1, -0.05) is 0 Å². The van der Waals surface area contributed by atoms with Crippen LogP contribution in [0.1, 0.15) is 20.1 Å². The third-order valence-electron chi connectivity index (χ3n) is 3.72. The molecular weight excluding hydrogens is 381 g/mol. The van der Waals surface area contributed by atoms with E-state index < -0.39 is 60.0 Å². The molecule has 10 nitrogen and oxygen atoms in total. The minimum absolute atomic E-state index is 0.735. The van der Waals surface area contributed by atoms with Crippen LogP contribution in [0, 0.1) is 0 Å². The summed E-state index contributed by atoms with van der Waals surface area (Å²) in [5.74, 6) is -3.40. The minimum atomic E-state index is -5.26. The largest absolute Gasteiger partial charge is 0.490 e. The number of aromatic nitrogens is 2. The van der Waals surface area contributed by atoms with Gasteiger partial charge in [-0.3, -0.25) is 19.1 Å². The molecule has 0 aliphatic carbocycles. The zero-order valence-electron chi connectivity index (χ0n) is 14.0. The van der Waals surface area contributed by atoms with Gasteiger partial charge < -0.3 is 19.3 Å². The second-order valence-corrected chi connectivity index (χ2v) is 5.90. The van der Waals surface area contributed by atoms with Crippen molar-refractivity contribution >= 4 is 11.9 Å². The number of carbonyl (C=O) groups is 2. The topological polar surface area (TPSA) is 137 Å². The Bertz CT molecular complexity index is 844. The lowest BCUT2D eigenvalue weighted by Crippen LogP contribution is -2.49. The van der Waals surface area contributed by atoms with E-state index in [1.54, 1.807) is 0 Å². The Morgan fingerprint density at radius 3 is 2.56 bits per heavy atom. The van der Waals surface area contributed by atoms with Crippen molar-refractivity contribution in [1.29, 1.82) is 0 Å². The summed E-state index contributed by atoms with van der Waals surface area (Å²) in [5.41, 5.74) is -3.83. The highest BCUT2D eigenvalue weighted by Crippen LogP contribution is 2.39. The molecule has 0 radical (unpaired) electrons. The van der Waals surface area contributed by atoms with Gasteiger partial charge in [0, 0.05) is 19.2 Å². The highest BCUT2D eigenvalue weighted by Gasteiger charge is 2.57. The van der Waals surface area contributed by atoms with Crippen LogP contribution in [-0.2, 0) is 23.8 Å². The second-order valence-electron chi connectivity index (χ2n) is 5.90. The van der Waals surface area contributed by atoms with Gasteiger partial charge in [0.15, 0.2) is 12.3 Å². The van der Waals surface area contributed by atoms with Crippen LogP contribution in [0.3, 0.4) is 0 Å². The van der Waals surface area contributed by atoms with E-state index in [0.29, 0.717) is 0 Å². The average molecular weight is 396 g/mol. The quantitative estimate of drug-likeness (QED) is 0.633. The SMILES string of the molecule is CC(=O)O[C@@H]1C(COC(=O)C(F)(F)F)O[C@@H](n2ccc(=O)[nH]c2=O)[C@@]1(C)O. The standard InChI is InChI=1S/C14H15F3N2O8/c1-6(20)26-9-7(5-25-11(22)14(15,16)17)27-10(13(9,2)24)19-4-3-8(21)18-12(19)23/h3-4,7,9-10,24H,5H2,1-2H3,(H,18,21,23)/t7?,9-,10-,13+/m1/s1. The number of nitrogens with zero attached hydrogens (tertiary/aromatic N) is 1. The molecule has 0 aromatic carbocycles. The maximum atomic E-state index is 12.3. The first-order chi connectivity index (χ1) is 12.3. The van der Waals surface area contributed by atoms with Crippen molar-refractivity contribution in [2.24, 2.45) is 0 Å². The molecule has 0 bridgehead atoms. The Balaban J connectivity index is 2.33. The Hall–Kier alpha value is -2.67. The van der Waals surface area contributed by atoms with Crippen molar-refractivity contribution in [2.75, 3.05) is 6.61 Å². The van der Waals surface area contributed by atoms with Crippen LogP contribution >= 0.6 is 0 Å². The molecule has 1 unspecified atom stereocenters. The number of alkyl halides is 3. The number of esters is 2. The van der Waals surface area contributed by atoms with Gasteiger partial charge in [0.25, 0.3) is 5.56 Å². The number of rotatable bonds is 4. The number of H-pyrrole nitrogens is 1. The molecule has 2 heterocycles. The van der Waals surface area contributed by atoms with Crippen LogP contribution in [0.5, 0.6) is 0 Å². The van der Waals surface area contributed by atoms with Crippen molar-refractivity contribution in [3.63, 3.8) is 0 Å². The fraction of sp³-hybridized carbons (Fsp3) is 0.571. The number of halogens is 3. The van der Waals surface area contributed by atoms with E-state index >= 15 is 0 Å². The molecule has 2 rings (SSSR count). The average Bonchev–Trinajstić information content (AvgIpc) is 2.75. The van der Waals surface area contributed by atoms with Gasteiger partial charge in [0.2, 0.25) is 0 Å². The van der Waals surface area contributed by atoms with Gasteiger partial charge in [0.05, 0.1) is 0 Å². The van der Waals surface area contributed by atoms with Crippen LogP contribution in [0.25, 0.3) is 0 Å². The molecule has 1 aliphatic rings. The molecule has 1 aliphatic heterocycles. The lowest BCUT2D eigenvalue weighted by Gasteiger charge is -2.29. The molecule has 1 aromatic heterocycles. The van der Waals surface area contributed by atoms with E-state index in [9.17, 15) is 37.5 Å². The molecule has 1 fully saturated rings. The van der Waals surface area contributed by atoms with Gasteiger partial charge in [0.1, 0.15) is 18.3 Å². The number of hydrogen-bond donors (Lipinski definition) is 2. The number of carbonyl (C=O) groups excluding carboxylic acids is 2. The lowest BCUT2D eigenvalue weighted by molar-refractivity contribution is -0.204. The third-order valence-corrected chi connectivity index (χ3v) is 3.72. The van der Waals surface area contributed by atoms with E-state index in [1.807, 2.05) is 4.98 Å². The number of aromatic amines is 1. The third kappa shape index (κ3) is 4.36. The van der Waals surface area contributed by atoms with Crippen LogP contribution in [-0.4, -0.2) is 57.2 Å². The molecule has 0 amide bonds. The molecule has 4 atom stereocenters. The maximum absolute atomic E-state index is 12.3. The summed E-state index contributed by atoms with van der Waals surface area (Å²) in [6.45, 7) is 1.07. The molecule has 13 heteroatoms. The van der Waals surface area contributed by atoms with Crippen molar-refractivity contribution in [3.8, 4) is 0 Å². The van der Waals surface area contributed by atoms with E-state index in [1.165, 1.54) is 0 Å². The fourth-order valence-electron chi connectivity index (χ4n) is 2.59. The molecule has 27 heavy (non-hydrogen) atoms. The summed E-state index contributed by atoms with van der Waals surface area (Å²) in [7, 11) is 0. The van der Waals surface area contributed by atoms with Gasteiger partial charge in [-0.2, -0.15) is 13.2 Å². The maximum Gasteiger partial charge on any atom is 0.490 e. The molecule has 2 N–H and O–H groups in total. The highest BCUT2D eigenvalue weighted by atomic mass is 19.4. The van der Waals surface area contributed by atoms with Crippen molar-refractivity contribution < 1.29 is 42.1 Å². The van der Waals surface area contributed by atoms with Crippen molar-refractivity contribution in [1.82, 2.24) is 9.55 Å². The second kappa shape index (κ2) is 7.15. The summed E-state index contributed by atoms with van der Waals surface area (Å²) in [6, 6.07) is 0.943. The number of hydrogen-bond acceptors (Lipinski definition) is 8. The molecule has 0 spiro atoms. The van der Waals surface area contributed by atoms with Crippen LogP contribution < -0.4 is 11.2 Å². The predicted octanol–water partition coefficient (Wildman–Crippen LogP) is -0.778. The predicted molar refractivity (Wildman–Crippen MR) is 78.4 cm³/mol. The Kier molecular flexibility index (Phi) is 5.47. The van der Waals surface area contributed by atoms with Crippen molar-refractivity contribution in [2.45, 2.75) is 44.1 Å². The van der Waals surface area contributed by atoms with E-state index in [2.05, 4.69) is 4.74 Å². The monoisotopic (exact) mass is 396 g/mol. The van der Waals surface area contributed by atoms with Gasteiger partial charge in [-0.05, 0) is 6.92 Å². The fourth-order valence-corrected chi connectivity index (χ4v) is 2.59. The first kappa shape index (κ1) is 20.6. The summed E-state index contributed by atoms with van der Waals surface area (Å²) in [6.07, 6.45) is -8.91. The van der Waals surface area contributed by atoms with Gasteiger partial charge in [-0.15, -0.1) is 0 Å². The van der Waals surface area contributed by atoms with Crippen LogP contribution in [0.15, 0.2) is 21.9 Å². The summed E-state index contributed by atoms with van der Waals surface area (Å²) in [4.78, 5) is 47.2.